The second-order valence-corrected chi connectivity index (χ2v) is 4.73. The third-order valence-corrected chi connectivity index (χ3v) is 3.40. The quantitative estimate of drug-likeness (QED) is 0.787. The van der Waals surface area contributed by atoms with Gasteiger partial charge in [0.1, 0.15) is 6.54 Å². The van der Waals surface area contributed by atoms with Crippen LogP contribution in [0.3, 0.4) is 0 Å². The van der Waals surface area contributed by atoms with E-state index in [2.05, 4.69) is 5.43 Å². The van der Waals surface area contributed by atoms with E-state index in [-0.39, 0.29) is 18.1 Å². The van der Waals surface area contributed by atoms with E-state index in [0.29, 0.717) is 6.54 Å². The summed E-state index contributed by atoms with van der Waals surface area (Å²) in [6.07, 6.45) is 3.46. The van der Waals surface area contributed by atoms with Crippen molar-refractivity contribution < 1.29 is 4.79 Å². The molecular weight excluding hydrogens is 268 g/mol. The van der Waals surface area contributed by atoms with Gasteiger partial charge in [0.05, 0.1) is 11.0 Å². The van der Waals surface area contributed by atoms with Crippen molar-refractivity contribution in [2.24, 2.45) is 0 Å². The summed E-state index contributed by atoms with van der Waals surface area (Å²) in [5.74, 6) is -0.243. The SMILES string of the molecule is CCn1c(=O)n(CC(=O)Nn2cccc2)c2ccccc21. The van der Waals surface area contributed by atoms with Crippen LogP contribution in [0.1, 0.15) is 6.92 Å². The first-order valence-electron chi connectivity index (χ1n) is 6.81. The lowest BCUT2D eigenvalue weighted by Crippen LogP contribution is -2.31. The largest absolute Gasteiger partial charge is 0.329 e. The Morgan fingerprint density at radius 1 is 1.05 bits per heavy atom. The summed E-state index contributed by atoms with van der Waals surface area (Å²) in [6.45, 7) is 2.48. The molecule has 0 spiro atoms. The van der Waals surface area contributed by atoms with Crippen molar-refractivity contribution in [3.8, 4) is 0 Å². The fraction of sp³-hybridized carbons (Fsp3) is 0.200. The highest BCUT2D eigenvalue weighted by Crippen LogP contribution is 2.12. The van der Waals surface area contributed by atoms with Crippen LogP contribution in [0.2, 0.25) is 0 Å². The van der Waals surface area contributed by atoms with Crippen LogP contribution in [0.4, 0.5) is 0 Å². The number of amides is 1. The zero-order valence-corrected chi connectivity index (χ0v) is 11.7. The van der Waals surface area contributed by atoms with E-state index >= 15 is 0 Å². The molecule has 6 heteroatoms. The Morgan fingerprint density at radius 3 is 2.29 bits per heavy atom. The Morgan fingerprint density at radius 2 is 1.67 bits per heavy atom. The molecule has 0 bridgehead atoms. The summed E-state index contributed by atoms with van der Waals surface area (Å²) in [7, 11) is 0. The highest BCUT2D eigenvalue weighted by Gasteiger charge is 2.14. The van der Waals surface area contributed by atoms with Crippen molar-refractivity contribution in [3.05, 3.63) is 59.3 Å². The van der Waals surface area contributed by atoms with E-state index in [4.69, 9.17) is 0 Å². The number of carbonyl (C=O) groups excluding carboxylic acids is 1. The minimum absolute atomic E-state index is 0.00940. The number of rotatable bonds is 4. The number of fused-ring (bicyclic) bond motifs is 1. The predicted octanol–water partition coefficient (Wildman–Crippen LogP) is 1.39. The number of hydrogen-bond acceptors (Lipinski definition) is 2. The second-order valence-electron chi connectivity index (χ2n) is 4.73. The second kappa shape index (κ2) is 5.32. The average molecular weight is 284 g/mol. The van der Waals surface area contributed by atoms with E-state index < -0.39 is 0 Å². The molecule has 0 atom stereocenters. The first kappa shape index (κ1) is 13.2. The fourth-order valence-corrected chi connectivity index (χ4v) is 2.46. The van der Waals surface area contributed by atoms with Crippen LogP contribution in [0.25, 0.3) is 11.0 Å². The topological polar surface area (TPSA) is 61.0 Å². The Labute approximate surface area is 121 Å². The van der Waals surface area contributed by atoms with Gasteiger partial charge < -0.3 is 0 Å². The maximum absolute atomic E-state index is 12.4. The van der Waals surface area contributed by atoms with Gasteiger partial charge in [-0.15, -0.1) is 0 Å². The molecule has 6 nitrogen and oxygen atoms in total. The molecule has 0 saturated heterocycles. The lowest BCUT2D eigenvalue weighted by Gasteiger charge is -2.06. The first-order chi connectivity index (χ1) is 10.2. The zero-order valence-electron chi connectivity index (χ0n) is 11.7. The number of imidazole rings is 1. The number of hydrogen-bond donors (Lipinski definition) is 1. The van der Waals surface area contributed by atoms with Gasteiger partial charge in [0.25, 0.3) is 5.91 Å². The Hall–Kier alpha value is -2.76. The molecule has 3 aromatic rings. The molecule has 0 aliphatic carbocycles. The van der Waals surface area contributed by atoms with Crippen molar-refractivity contribution in [3.63, 3.8) is 0 Å². The first-order valence-corrected chi connectivity index (χ1v) is 6.81. The monoisotopic (exact) mass is 284 g/mol. The van der Waals surface area contributed by atoms with Crippen LogP contribution in [0.5, 0.6) is 0 Å². The van der Waals surface area contributed by atoms with Gasteiger partial charge in [-0.05, 0) is 31.2 Å². The molecule has 0 fully saturated rings. The van der Waals surface area contributed by atoms with Gasteiger partial charge in [-0.3, -0.25) is 24.0 Å². The Bertz CT molecular complexity index is 827. The molecule has 0 saturated carbocycles. The molecule has 108 valence electrons. The third-order valence-electron chi connectivity index (χ3n) is 3.40. The van der Waals surface area contributed by atoms with E-state index in [0.717, 1.165) is 11.0 Å². The highest BCUT2D eigenvalue weighted by molar-refractivity contribution is 5.85. The van der Waals surface area contributed by atoms with Crippen molar-refractivity contribution in [2.45, 2.75) is 20.0 Å². The normalized spacial score (nSPS) is 10.9. The van der Waals surface area contributed by atoms with Gasteiger partial charge >= 0.3 is 5.69 Å². The summed E-state index contributed by atoms with van der Waals surface area (Å²) in [4.78, 5) is 24.5. The van der Waals surface area contributed by atoms with Crippen LogP contribution in [-0.4, -0.2) is 19.7 Å². The highest BCUT2D eigenvalue weighted by atomic mass is 16.2. The third kappa shape index (κ3) is 2.35. The molecule has 0 radical (unpaired) electrons. The summed E-state index contributed by atoms with van der Waals surface area (Å²) >= 11 is 0. The minimum atomic E-state index is -0.243. The minimum Gasteiger partial charge on any atom is -0.292 e. The zero-order chi connectivity index (χ0) is 14.8. The maximum atomic E-state index is 12.4. The average Bonchev–Trinajstić information content (AvgIpc) is 3.07. The van der Waals surface area contributed by atoms with E-state index in [1.54, 1.807) is 21.6 Å². The fourth-order valence-electron chi connectivity index (χ4n) is 2.46. The van der Waals surface area contributed by atoms with Crippen LogP contribution in [0, 0.1) is 0 Å². The Kier molecular flexibility index (Phi) is 3.35. The molecular formula is C15H16N4O2. The summed E-state index contributed by atoms with van der Waals surface area (Å²) in [5, 5.41) is 0. The van der Waals surface area contributed by atoms with E-state index in [9.17, 15) is 9.59 Å². The van der Waals surface area contributed by atoms with E-state index in [1.165, 1.54) is 4.57 Å². The molecule has 0 unspecified atom stereocenters. The van der Waals surface area contributed by atoms with Crippen molar-refractivity contribution in [1.29, 1.82) is 0 Å². The van der Waals surface area contributed by atoms with Gasteiger partial charge in [-0.1, -0.05) is 12.1 Å². The number of nitrogens with one attached hydrogen (secondary N) is 1. The standard InChI is InChI=1S/C15H16N4O2/c1-2-18-12-7-3-4-8-13(12)19(15(18)21)11-14(20)16-17-9-5-6-10-17/h3-10H,2,11H2,1H3,(H,16,20). The van der Waals surface area contributed by atoms with Crippen molar-refractivity contribution in [1.82, 2.24) is 13.8 Å². The summed E-state index contributed by atoms with van der Waals surface area (Å²) in [6, 6.07) is 11.1. The molecule has 21 heavy (non-hydrogen) atoms. The lowest BCUT2D eigenvalue weighted by molar-refractivity contribution is -0.117. The predicted molar refractivity (Wildman–Crippen MR) is 80.7 cm³/mol. The molecule has 2 heterocycles. The van der Waals surface area contributed by atoms with Crippen LogP contribution < -0.4 is 11.1 Å². The van der Waals surface area contributed by atoms with Crippen molar-refractivity contribution >= 4 is 16.9 Å². The molecule has 2 aromatic heterocycles. The van der Waals surface area contributed by atoms with Crippen LogP contribution >= 0.6 is 0 Å². The molecule has 1 amide bonds. The van der Waals surface area contributed by atoms with Gasteiger partial charge in [0, 0.05) is 18.9 Å². The van der Waals surface area contributed by atoms with Gasteiger partial charge in [-0.2, -0.15) is 0 Å². The smallest absolute Gasteiger partial charge is 0.292 e. The van der Waals surface area contributed by atoms with Crippen LogP contribution in [0.15, 0.2) is 53.6 Å². The van der Waals surface area contributed by atoms with Gasteiger partial charge in [0.2, 0.25) is 0 Å². The molecule has 1 N–H and O–H groups in total. The number of carbonyl (C=O) groups is 1. The number of aryl methyl sites for hydroxylation is 1. The Balaban J connectivity index is 1.95. The molecule has 3 rings (SSSR count). The lowest BCUT2D eigenvalue weighted by atomic mass is 10.3. The van der Waals surface area contributed by atoms with Crippen LogP contribution in [-0.2, 0) is 17.9 Å². The van der Waals surface area contributed by atoms with Gasteiger partial charge in [0.15, 0.2) is 0 Å². The molecule has 0 aliphatic heterocycles. The summed E-state index contributed by atoms with van der Waals surface area (Å²) in [5.41, 5.74) is 4.15. The number of benzene rings is 1. The molecule has 1 aromatic carbocycles. The number of para-hydroxylation sites is 2. The van der Waals surface area contributed by atoms with Crippen molar-refractivity contribution in [2.75, 3.05) is 5.43 Å². The van der Waals surface area contributed by atoms with E-state index in [1.807, 2.05) is 43.3 Å². The summed E-state index contributed by atoms with van der Waals surface area (Å²) < 4.78 is 4.72. The molecule has 0 aliphatic rings. The van der Waals surface area contributed by atoms with Gasteiger partial charge in [-0.25, -0.2) is 4.79 Å². The number of aromatic nitrogens is 3. The number of nitrogens with zero attached hydrogens (tertiary/aromatic N) is 3. The maximum Gasteiger partial charge on any atom is 0.329 e.